The Bertz CT molecular complexity index is 282. The normalized spacial score (nSPS) is 13.0. The van der Waals surface area contributed by atoms with Gasteiger partial charge in [-0.1, -0.05) is 168 Å². The lowest BCUT2D eigenvalue weighted by molar-refractivity contribution is 0.125. The number of rotatable bonds is 23. The first kappa shape index (κ1) is 37.0. The maximum atomic E-state index is 7.62. The molecule has 1 fully saturated rings. The van der Waals surface area contributed by atoms with Gasteiger partial charge in [-0.3, -0.25) is 0 Å². The number of hydrogen-bond acceptors (Lipinski definition) is 3. The second kappa shape index (κ2) is 38.4. The standard InChI is InChI=1S/C24H50O.C6H12.C2H6O2/c1-3-5-7-9-11-13-15-17-19-21-23-25-24-22-20-18-16-14-12-10-8-6-4-2;1-2-4-6-5-3-1;3-1-2-4/h3-24H2,1-2H3;1-6H2;3-4H,1-2H2. The Morgan fingerprint density at radius 2 is 0.600 bits per heavy atom. The van der Waals surface area contributed by atoms with Crippen LogP contribution in [0.15, 0.2) is 0 Å². The van der Waals surface area contributed by atoms with Crippen molar-refractivity contribution in [2.24, 2.45) is 0 Å². The number of aliphatic hydroxyl groups excluding tert-OH is 2. The van der Waals surface area contributed by atoms with Gasteiger partial charge < -0.3 is 14.9 Å². The third kappa shape index (κ3) is 41.3. The van der Waals surface area contributed by atoms with E-state index in [9.17, 15) is 0 Å². The second-order valence-corrected chi connectivity index (χ2v) is 10.5. The minimum atomic E-state index is -0.125. The molecule has 0 atom stereocenters. The molecule has 1 rings (SSSR count). The van der Waals surface area contributed by atoms with Crippen molar-refractivity contribution in [3.05, 3.63) is 0 Å². The number of hydrogen-bond donors (Lipinski definition) is 2. The quantitative estimate of drug-likeness (QED) is 0.137. The third-order valence-corrected chi connectivity index (χ3v) is 6.88. The molecule has 0 heterocycles. The smallest absolute Gasteiger partial charge is 0.0662 e. The van der Waals surface area contributed by atoms with Crippen LogP contribution in [0.2, 0.25) is 0 Å². The fourth-order valence-electron chi connectivity index (χ4n) is 4.55. The van der Waals surface area contributed by atoms with Crippen LogP contribution >= 0.6 is 0 Å². The summed E-state index contributed by atoms with van der Waals surface area (Å²) in [5, 5.41) is 15.2. The molecular weight excluding hydrogens is 432 g/mol. The van der Waals surface area contributed by atoms with E-state index in [0.717, 1.165) is 13.2 Å². The molecule has 2 N–H and O–H groups in total. The molecule has 0 saturated heterocycles. The van der Waals surface area contributed by atoms with Crippen molar-refractivity contribution in [3.63, 3.8) is 0 Å². The number of ether oxygens (including phenoxy) is 1. The zero-order valence-electron chi connectivity index (χ0n) is 24.5. The largest absolute Gasteiger partial charge is 0.394 e. The van der Waals surface area contributed by atoms with Crippen LogP contribution in [-0.2, 0) is 4.74 Å². The summed E-state index contributed by atoms with van der Waals surface area (Å²) in [4.78, 5) is 0. The maximum absolute atomic E-state index is 7.62. The average molecular weight is 501 g/mol. The summed E-state index contributed by atoms with van der Waals surface area (Å²) in [6.45, 7) is 6.32. The lowest BCUT2D eigenvalue weighted by atomic mass is 10.0. The molecule has 0 radical (unpaired) electrons. The molecule has 0 aliphatic heterocycles. The predicted octanol–water partition coefficient (Wildman–Crippen LogP) is 10.2. The van der Waals surface area contributed by atoms with Crippen LogP contribution in [0.4, 0.5) is 0 Å². The highest BCUT2D eigenvalue weighted by Crippen LogP contribution is 2.15. The van der Waals surface area contributed by atoms with Gasteiger partial charge in [0.1, 0.15) is 0 Å². The number of aliphatic hydroxyl groups is 2. The molecule has 0 aromatic carbocycles. The van der Waals surface area contributed by atoms with Crippen molar-refractivity contribution in [1.82, 2.24) is 0 Å². The predicted molar refractivity (Wildman–Crippen MR) is 156 cm³/mol. The first-order chi connectivity index (χ1) is 17.3. The Hall–Kier alpha value is -0.120. The summed E-state index contributed by atoms with van der Waals surface area (Å²) in [5.74, 6) is 0. The van der Waals surface area contributed by atoms with E-state index < -0.39 is 0 Å². The van der Waals surface area contributed by atoms with E-state index in [-0.39, 0.29) is 13.2 Å². The zero-order chi connectivity index (χ0) is 25.9. The van der Waals surface area contributed by atoms with Crippen LogP contribution in [0.25, 0.3) is 0 Å². The van der Waals surface area contributed by atoms with Gasteiger partial charge in [-0.25, -0.2) is 0 Å². The fourth-order valence-corrected chi connectivity index (χ4v) is 4.55. The topological polar surface area (TPSA) is 49.7 Å². The lowest BCUT2D eigenvalue weighted by Gasteiger charge is -2.05. The van der Waals surface area contributed by atoms with Gasteiger partial charge in [0.05, 0.1) is 13.2 Å². The molecule has 1 aliphatic carbocycles. The van der Waals surface area contributed by atoms with Gasteiger partial charge in [0, 0.05) is 13.2 Å². The highest BCUT2D eigenvalue weighted by molar-refractivity contribution is 4.51. The molecule has 0 unspecified atom stereocenters. The molecule has 1 aliphatic rings. The Labute approximate surface area is 222 Å². The maximum Gasteiger partial charge on any atom is 0.0662 e. The van der Waals surface area contributed by atoms with Gasteiger partial charge in [0.25, 0.3) is 0 Å². The van der Waals surface area contributed by atoms with Gasteiger partial charge in [0.2, 0.25) is 0 Å². The van der Waals surface area contributed by atoms with Gasteiger partial charge in [-0.2, -0.15) is 0 Å². The zero-order valence-corrected chi connectivity index (χ0v) is 24.5. The molecule has 0 amide bonds. The minimum absolute atomic E-state index is 0.125. The van der Waals surface area contributed by atoms with Crippen molar-refractivity contribution >= 4 is 0 Å². The van der Waals surface area contributed by atoms with Crippen molar-refractivity contribution in [1.29, 1.82) is 0 Å². The van der Waals surface area contributed by atoms with Crippen molar-refractivity contribution < 1.29 is 14.9 Å². The van der Waals surface area contributed by atoms with Gasteiger partial charge in [-0.15, -0.1) is 0 Å². The van der Waals surface area contributed by atoms with Gasteiger partial charge in [-0.05, 0) is 12.8 Å². The van der Waals surface area contributed by atoms with E-state index in [2.05, 4.69) is 13.8 Å². The highest BCUT2D eigenvalue weighted by Gasteiger charge is 1.96. The van der Waals surface area contributed by atoms with Crippen LogP contribution in [0.3, 0.4) is 0 Å². The first-order valence-corrected chi connectivity index (χ1v) is 16.1. The minimum Gasteiger partial charge on any atom is -0.394 e. The summed E-state index contributed by atoms with van der Waals surface area (Å²) in [6, 6.07) is 0. The van der Waals surface area contributed by atoms with E-state index in [4.69, 9.17) is 14.9 Å². The summed E-state index contributed by atoms with van der Waals surface area (Å²) in [6.07, 6.45) is 37.2. The molecule has 35 heavy (non-hydrogen) atoms. The Morgan fingerprint density at radius 1 is 0.371 bits per heavy atom. The molecule has 3 heteroatoms. The van der Waals surface area contributed by atoms with E-state index >= 15 is 0 Å². The molecule has 0 bridgehead atoms. The molecule has 0 aromatic rings. The SMILES string of the molecule is C1CCCCC1.CCCCCCCCCCCCOCCCCCCCCCCCC.OCCO. The second-order valence-electron chi connectivity index (χ2n) is 10.5. The monoisotopic (exact) mass is 501 g/mol. The lowest BCUT2D eigenvalue weighted by Crippen LogP contribution is -1.97. The molecule has 214 valence electrons. The average Bonchev–Trinajstić information content (AvgIpc) is 2.91. The molecular formula is C32H68O3. The Morgan fingerprint density at radius 3 is 0.829 bits per heavy atom. The van der Waals surface area contributed by atoms with Gasteiger partial charge in [0.15, 0.2) is 0 Å². The summed E-state index contributed by atoms with van der Waals surface area (Å²) in [5.41, 5.74) is 0. The van der Waals surface area contributed by atoms with Crippen molar-refractivity contribution in [3.8, 4) is 0 Å². The van der Waals surface area contributed by atoms with E-state index in [1.54, 1.807) is 0 Å². The molecule has 3 nitrogen and oxygen atoms in total. The Balaban J connectivity index is 0. The third-order valence-electron chi connectivity index (χ3n) is 6.88. The van der Waals surface area contributed by atoms with Crippen molar-refractivity contribution in [2.75, 3.05) is 26.4 Å². The summed E-state index contributed by atoms with van der Waals surface area (Å²) >= 11 is 0. The van der Waals surface area contributed by atoms with Crippen LogP contribution < -0.4 is 0 Å². The molecule has 0 aromatic heterocycles. The highest BCUT2D eigenvalue weighted by atomic mass is 16.5. The van der Waals surface area contributed by atoms with E-state index in [0.29, 0.717) is 0 Å². The van der Waals surface area contributed by atoms with Crippen molar-refractivity contribution in [2.45, 2.75) is 181 Å². The summed E-state index contributed by atoms with van der Waals surface area (Å²) in [7, 11) is 0. The molecule has 1 saturated carbocycles. The van der Waals surface area contributed by atoms with E-state index in [1.165, 1.54) is 167 Å². The Kier molecular flexibility index (Phi) is 40.6. The summed E-state index contributed by atoms with van der Waals surface area (Å²) < 4.78 is 5.78. The van der Waals surface area contributed by atoms with Crippen LogP contribution in [0, 0.1) is 0 Å². The van der Waals surface area contributed by atoms with E-state index in [1.807, 2.05) is 0 Å². The van der Waals surface area contributed by atoms with Crippen LogP contribution in [0.5, 0.6) is 0 Å². The van der Waals surface area contributed by atoms with Crippen LogP contribution in [-0.4, -0.2) is 36.6 Å². The van der Waals surface area contributed by atoms with Gasteiger partial charge >= 0.3 is 0 Å². The number of unbranched alkanes of at least 4 members (excludes halogenated alkanes) is 18. The van der Waals surface area contributed by atoms with Crippen LogP contribution in [0.1, 0.15) is 181 Å². The first-order valence-electron chi connectivity index (χ1n) is 16.1. The molecule has 0 spiro atoms. The fraction of sp³-hybridized carbons (Fsp3) is 1.00.